The van der Waals surface area contributed by atoms with E-state index in [4.69, 9.17) is 4.74 Å². The monoisotopic (exact) mass is 264 g/mol. The van der Waals surface area contributed by atoms with E-state index in [1.54, 1.807) is 0 Å². The molecule has 0 aliphatic carbocycles. The van der Waals surface area contributed by atoms with E-state index in [1.807, 2.05) is 25.1 Å². The quantitative estimate of drug-likeness (QED) is 0.672. The van der Waals surface area contributed by atoms with Crippen LogP contribution >= 0.6 is 0 Å². The number of carbonyl (C=O) groups is 1. The number of hydrogen-bond acceptors (Lipinski definition) is 3. The van der Waals surface area contributed by atoms with Crippen LogP contribution in [0.5, 0.6) is 5.75 Å². The van der Waals surface area contributed by atoms with Crippen molar-refractivity contribution < 1.29 is 9.53 Å². The maximum absolute atomic E-state index is 11.3. The summed E-state index contributed by atoms with van der Waals surface area (Å²) >= 11 is 0. The zero-order valence-corrected chi connectivity index (χ0v) is 11.9. The van der Waals surface area contributed by atoms with E-state index in [1.165, 1.54) is 5.56 Å². The van der Waals surface area contributed by atoms with Gasteiger partial charge in [0.25, 0.3) is 0 Å². The molecular weight excluding hydrogens is 240 g/mol. The predicted molar refractivity (Wildman–Crippen MR) is 77.2 cm³/mol. The third-order valence-electron chi connectivity index (χ3n) is 2.60. The van der Waals surface area contributed by atoms with E-state index in [-0.39, 0.29) is 5.91 Å². The summed E-state index contributed by atoms with van der Waals surface area (Å²) in [6.07, 6.45) is 1.52. The second-order valence-electron chi connectivity index (χ2n) is 4.38. The van der Waals surface area contributed by atoms with Gasteiger partial charge in [-0.25, -0.2) is 0 Å². The third kappa shape index (κ3) is 6.82. The topological polar surface area (TPSA) is 50.4 Å². The molecule has 0 heterocycles. The van der Waals surface area contributed by atoms with Crippen molar-refractivity contribution in [2.75, 3.05) is 19.7 Å². The lowest BCUT2D eigenvalue weighted by Gasteiger charge is -2.08. The number of hydrogen-bond donors (Lipinski definition) is 2. The van der Waals surface area contributed by atoms with E-state index in [9.17, 15) is 4.79 Å². The van der Waals surface area contributed by atoms with Crippen LogP contribution < -0.4 is 15.4 Å². The van der Waals surface area contributed by atoms with Crippen LogP contribution in [0.3, 0.4) is 0 Å². The first-order valence-electron chi connectivity index (χ1n) is 6.95. The summed E-state index contributed by atoms with van der Waals surface area (Å²) in [5.74, 6) is 1.000. The first kappa shape index (κ1) is 15.5. The van der Waals surface area contributed by atoms with Crippen molar-refractivity contribution in [2.24, 2.45) is 0 Å². The molecule has 0 fully saturated rings. The van der Waals surface area contributed by atoms with Crippen LogP contribution in [0.4, 0.5) is 0 Å². The largest absolute Gasteiger partial charge is 0.494 e. The van der Waals surface area contributed by atoms with E-state index < -0.39 is 0 Å². The summed E-state index contributed by atoms with van der Waals surface area (Å²) in [7, 11) is 0. The Morgan fingerprint density at radius 3 is 2.89 bits per heavy atom. The molecule has 4 heteroatoms. The molecule has 0 bridgehead atoms. The van der Waals surface area contributed by atoms with Gasteiger partial charge in [0.05, 0.1) is 6.61 Å². The Balaban J connectivity index is 2.27. The zero-order valence-electron chi connectivity index (χ0n) is 11.9. The first-order valence-corrected chi connectivity index (χ1v) is 6.95. The van der Waals surface area contributed by atoms with E-state index in [0.717, 1.165) is 25.3 Å². The first-order chi connectivity index (χ1) is 9.26. The summed E-state index contributed by atoms with van der Waals surface area (Å²) in [5, 5.41) is 6.04. The minimum atomic E-state index is 0.0926. The van der Waals surface area contributed by atoms with Crippen molar-refractivity contribution in [2.45, 2.75) is 33.2 Å². The normalized spacial score (nSPS) is 10.2. The molecule has 0 saturated heterocycles. The lowest BCUT2D eigenvalue weighted by atomic mass is 10.2. The Labute approximate surface area is 115 Å². The summed E-state index contributed by atoms with van der Waals surface area (Å²) in [5.41, 5.74) is 1.17. The summed E-state index contributed by atoms with van der Waals surface area (Å²) in [6.45, 7) is 6.89. The summed E-state index contributed by atoms with van der Waals surface area (Å²) < 4.78 is 5.58. The smallest absolute Gasteiger partial charge is 0.221 e. The fourth-order valence-corrected chi connectivity index (χ4v) is 1.69. The SMILES string of the molecule is CCCOc1cccc(CNCCC(=O)NCC)c1. The molecule has 19 heavy (non-hydrogen) atoms. The number of carbonyl (C=O) groups excluding carboxylic acids is 1. The highest BCUT2D eigenvalue weighted by atomic mass is 16.5. The maximum atomic E-state index is 11.3. The molecule has 0 atom stereocenters. The molecule has 0 spiro atoms. The van der Waals surface area contributed by atoms with Gasteiger partial charge in [-0.1, -0.05) is 19.1 Å². The Bertz CT molecular complexity index is 380. The van der Waals surface area contributed by atoms with Gasteiger partial charge in [0.1, 0.15) is 5.75 Å². The molecule has 0 unspecified atom stereocenters. The molecule has 0 saturated carbocycles. The Morgan fingerprint density at radius 2 is 2.16 bits per heavy atom. The van der Waals surface area contributed by atoms with Crippen molar-refractivity contribution in [1.82, 2.24) is 10.6 Å². The summed E-state index contributed by atoms with van der Waals surface area (Å²) in [6, 6.07) is 8.05. The van der Waals surface area contributed by atoms with Gasteiger partial charge < -0.3 is 15.4 Å². The van der Waals surface area contributed by atoms with Crippen molar-refractivity contribution in [3.05, 3.63) is 29.8 Å². The fraction of sp³-hybridized carbons (Fsp3) is 0.533. The fourth-order valence-electron chi connectivity index (χ4n) is 1.69. The second-order valence-corrected chi connectivity index (χ2v) is 4.38. The third-order valence-corrected chi connectivity index (χ3v) is 2.60. The van der Waals surface area contributed by atoms with Crippen LogP contribution in [0.2, 0.25) is 0 Å². The van der Waals surface area contributed by atoms with Crippen molar-refractivity contribution >= 4 is 5.91 Å². The zero-order chi connectivity index (χ0) is 13.9. The lowest BCUT2D eigenvalue weighted by Crippen LogP contribution is -2.27. The predicted octanol–water partition coefficient (Wildman–Crippen LogP) is 2.09. The number of ether oxygens (including phenoxy) is 1. The van der Waals surface area contributed by atoms with Crippen molar-refractivity contribution in [3.63, 3.8) is 0 Å². The molecule has 1 rings (SSSR count). The molecule has 106 valence electrons. The molecule has 0 aromatic heterocycles. The molecule has 1 amide bonds. The van der Waals surface area contributed by atoms with Gasteiger partial charge in [0.15, 0.2) is 0 Å². The molecule has 1 aromatic carbocycles. The molecule has 0 aliphatic rings. The van der Waals surface area contributed by atoms with Crippen molar-refractivity contribution in [1.29, 1.82) is 0 Å². The number of nitrogens with one attached hydrogen (secondary N) is 2. The van der Waals surface area contributed by atoms with Crippen molar-refractivity contribution in [3.8, 4) is 5.75 Å². The van der Waals surface area contributed by atoms with Crippen LogP contribution in [0.25, 0.3) is 0 Å². The average molecular weight is 264 g/mol. The number of benzene rings is 1. The number of rotatable bonds is 9. The van der Waals surface area contributed by atoms with E-state index in [2.05, 4.69) is 23.6 Å². The lowest BCUT2D eigenvalue weighted by molar-refractivity contribution is -0.120. The van der Waals surface area contributed by atoms with Gasteiger partial charge >= 0.3 is 0 Å². The van der Waals surface area contributed by atoms with Gasteiger partial charge in [0, 0.05) is 26.1 Å². The highest BCUT2D eigenvalue weighted by Crippen LogP contribution is 2.13. The van der Waals surface area contributed by atoms with Gasteiger partial charge in [-0.3, -0.25) is 4.79 Å². The second kappa shape index (κ2) is 9.39. The van der Waals surface area contributed by atoms with Gasteiger partial charge in [-0.2, -0.15) is 0 Å². The minimum absolute atomic E-state index is 0.0926. The van der Waals surface area contributed by atoms with Crippen LogP contribution in [0, 0.1) is 0 Å². The maximum Gasteiger partial charge on any atom is 0.221 e. The van der Waals surface area contributed by atoms with Crippen LogP contribution in [-0.4, -0.2) is 25.6 Å². The Hall–Kier alpha value is -1.55. The van der Waals surface area contributed by atoms with Gasteiger partial charge in [-0.05, 0) is 31.0 Å². The average Bonchev–Trinajstić information content (AvgIpc) is 2.42. The molecular formula is C15H24N2O2. The molecule has 2 N–H and O–H groups in total. The Morgan fingerprint density at radius 1 is 1.32 bits per heavy atom. The van der Waals surface area contributed by atoms with Crippen LogP contribution in [0.1, 0.15) is 32.3 Å². The standard InChI is InChI=1S/C15H24N2O2/c1-3-10-19-14-7-5-6-13(11-14)12-16-9-8-15(18)17-4-2/h5-7,11,16H,3-4,8-10,12H2,1-2H3,(H,17,18). The molecule has 1 aromatic rings. The molecule has 4 nitrogen and oxygen atoms in total. The van der Waals surface area contributed by atoms with Crippen LogP contribution in [0.15, 0.2) is 24.3 Å². The molecule has 0 radical (unpaired) electrons. The van der Waals surface area contributed by atoms with Crippen LogP contribution in [-0.2, 0) is 11.3 Å². The Kier molecular flexibility index (Phi) is 7.66. The van der Waals surface area contributed by atoms with Gasteiger partial charge in [0.2, 0.25) is 5.91 Å². The minimum Gasteiger partial charge on any atom is -0.494 e. The highest BCUT2D eigenvalue weighted by Gasteiger charge is 2.00. The summed E-state index contributed by atoms with van der Waals surface area (Å²) in [4.78, 5) is 11.3. The van der Waals surface area contributed by atoms with E-state index >= 15 is 0 Å². The highest BCUT2D eigenvalue weighted by molar-refractivity contribution is 5.75. The number of amides is 1. The van der Waals surface area contributed by atoms with E-state index in [0.29, 0.717) is 19.5 Å². The van der Waals surface area contributed by atoms with Gasteiger partial charge in [-0.15, -0.1) is 0 Å². The molecule has 0 aliphatic heterocycles.